The molecule has 0 radical (unpaired) electrons. The molecule has 1 aromatic heterocycles. The molecular weight excluding hydrogens is 374 g/mol. The number of amides is 1. The van der Waals surface area contributed by atoms with E-state index in [9.17, 15) is 4.79 Å². The number of rotatable bonds is 7. The van der Waals surface area contributed by atoms with Crippen LogP contribution in [0.25, 0.3) is 11.4 Å². The molecule has 4 rings (SSSR count). The number of methoxy groups -OCH3 is 1. The van der Waals surface area contributed by atoms with E-state index < -0.39 is 0 Å². The van der Waals surface area contributed by atoms with E-state index in [2.05, 4.69) is 15.5 Å². The average Bonchev–Trinajstić information content (AvgIpc) is 3.25. The lowest BCUT2D eigenvalue weighted by Crippen LogP contribution is -2.40. The van der Waals surface area contributed by atoms with Gasteiger partial charge in [0.2, 0.25) is 17.6 Å². The molecule has 0 bridgehead atoms. The first-order valence-corrected chi connectivity index (χ1v) is 9.33. The maximum absolute atomic E-state index is 12.1. The fourth-order valence-corrected chi connectivity index (χ4v) is 2.91. The summed E-state index contributed by atoms with van der Waals surface area (Å²) in [6.45, 7) is 0.764. The van der Waals surface area contributed by atoms with Crippen molar-refractivity contribution >= 4 is 5.91 Å². The lowest BCUT2D eigenvalue weighted by Gasteiger charge is -2.26. The predicted molar refractivity (Wildman–Crippen MR) is 104 cm³/mol. The summed E-state index contributed by atoms with van der Waals surface area (Å²) in [6.07, 6.45) is 0.382. The summed E-state index contributed by atoms with van der Waals surface area (Å²) in [5.41, 5.74) is 0.819. The molecule has 0 aliphatic carbocycles. The van der Waals surface area contributed by atoms with Crippen molar-refractivity contribution < 1.29 is 23.5 Å². The molecule has 2 heterocycles. The Bertz CT molecular complexity index is 970. The van der Waals surface area contributed by atoms with Crippen LogP contribution in [-0.4, -0.2) is 42.4 Å². The Morgan fingerprint density at radius 2 is 1.97 bits per heavy atom. The molecule has 1 N–H and O–H groups in total. The highest BCUT2D eigenvalue weighted by molar-refractivity contribution is 5.76. The number of aryl methyl sites for hydroxylation is 1. The lowest BCUT2D eigenvalue weighted by molar-refractivity contribution is -0.121. The smallest absolute Gasteiger partial charge is 0.227 e. The van der Waals surface area contributed by atoms with Gasteiger partial charge in [-0.05, 0) is 36.4 Å². The van der Waals surface area contributed by atoms with Crippen molar-refractivity contribution in [3.63, 3.8) is 0 Å². The largest absolute Gasteiger partial charge is 0.497 e. The summed E-state index contributed by atoms with van der Waals surface area (Å²) >= 11 is 0. The van der Waals surface area contributed by atoms with E-state index in [1.54, 1.807) is 7.11 Å². The molecule has 0 spiro atoms. The number of carbonyl (C=O) groups is 1. The van der Waals surface area contributed by atoms with Gasteiger partial charge in [-0.2, -0.15) is 4.98 Å². The molecule has 1 aliphatic rings. The molecule has 29 heavy (non-hydrogen) atoms. The average molecular weight is 395 g/mol. The van der Waals surface area contributed by atoms with E-state index in [-0.39, 0.29) is 18.4 Å². The zero-order valence-corrected chi connectivity index (χ0v) is 16.0. The van der Waals surface area contributed by atoms with E-state index in [0.717, 1.165) is 17.1 Å². The normalized spacial score (nSPS) is 15.0. The number of hydrogen-bond acceptors (Lipinski definition) is 7. The monoisotopic (exact) mass is 395 g/mol. The highest BCUT2D eigenvalue weighted by Gasteiger charge is 2.21. The number of carbonyl (C=O) groups excluding carboxylic acids is 1. The summed E-state index contributed by atoms with van der Waals surface area (Å²) in [6, 6.07) is 14.8. The SMILES string of the molecule is COc1ccc(-c2noc(CCC(=O)NCC3COc4ccccc4O3)n2)cc1. The van der Waals surface area contributed by atoms with Crippen LogP contribution >= 0.6 is 0 Å². The van der Waals surface area contributed by atoms with Gasteiger partial charge in [-0.1, -0.05) is 17.3 Å². The number of aromatic nitrogens is 2. The Morgan fingerprint density at radius 3 is 2.76 bits per heavy atom. The van der Waals surface area contributed by atoms with Crippen LogP contribution in [0.15, 0.2) is 53.1 Å². The van der Waals surface area contributed by atoms with Crippen LogP contribution in [0, 0.1) is 0 Å². The summed E-state index contributed by atoms with van der Waals surface area (Å²) < 4.78 is 21.8. The fraction of sp³-hybridized carbons (Fsp3) is 0.286. The summed E-state index contributed by atoms with van der Waals surface area (Å²) in [4.78, 5) is 16.5. The van der Waals surface area contributed by atoms with E-state index in [1.807, 2.05) is 48.5 Å². The molecule has 1 aliphatic heterocycles. The highest BCUT2D eigenvalue weighted by atomic mass is 16.6. The molecule has 1 amide bonds. The predicted octanol–water partition coefficient (Wildman–Crippen LogP) is 2.63. The number of nitrogens with zero attached hydrogens (tertiary/aromatic N) is 2. The Morgan fingerprint density at radius 1 is 1.17 bits per heavy atom. The molecule has 1 unspecified atom stereocenters. The van der Waals surface area contributed by atoms with Crippen LogP contribution in [-0.2, 0) is 11.2 Å². The van der Waals surface area contributed by atoms with Gasteiger partial charge in [-0.25, -0.2) is 0 Å². The Hall–Kier alpha value is -3.55. The zero-order chi connectivity index (χ0) is 20.1. The number of para-hydroxylation sites is 2. The molecule has 3 aromatic rings. The lowest BCUT2D eigenvalue weighted by atomic mass is 10.2. The van der Waals surface area contributed by atoms with Crippen molar-refractivity contribution in [3.8, 4) is 28.6 Å². The van der Waals surface area contributed by atoms with Gasteiger partial charge in [0.15, 0.2) is 11.5 Å². The Balaban J connectivity index is 1.23. The first-order valence-electron chi connectivity index (χ1n) is 9.33. The third kappa shape index (κ3) is 4.66. The van der Waals surface area contributed by atoms with Gasteiger partial charge < -0.3 is 24.1 Å². The van der Waals surface area contributed by atoms with E-state index in [4.69, 9.17) is 18.7 Å². The minimum atomic E-state index is -0.223. The standard InChI is InChI=1S/C21H21N3O5/c1-26-15-8-6-14(7-9-15)21-23-20(29-24-21)11-10-19(25)22-12-16-13-27-17-4-2-3-5-18(17)28-16/h2-9,16H,10-13H2,1H3,(H,22,25). The van der Waals surface area contributed by atoms with Crippen molar-refractivity contribution in [2.75, 3.05) is 20.3 Å². The zero-order valence-electron chi connectivity index (χ0n) is 16.0. The summed E-state index contributed by atoms with van der Waals surface area (Å²) in [5.74, 6) is 2.95. The molecule has 8 heteroatoms. The molecule has 8 nitrogen and oxygen atoms in total. The molecule has 0 fully saturated rings. The minimum absolute atomic E-state index is 0.114. The fourth-order valence-electron chi connectivity index (χ4n) is 2.91. The van der Waals surface area contributed by atoms with Crippen LogP contribution in [0.2, 0.25) is 0 Å². The molecule has 2 aromatic carbocycles. The number of fused-ring (bicyclic) bond motifs is 1. The maximum Gasteiger partial charge on any atom is 0.227 e. The van der Waals surface area contributed by atoms with Gasteiger partial charge >= 0.3 is 0 Å². The van der Waals surface area contributed by atoms with Crippen LogP contribution in [0.5, 0.6) is 17.2 Å². The minimum Gasteiger partial charge on any atom is -0.497 e. The van der Waals surface area contributed by atoms with Crippen molar-refractivity contribution in [2.24, 2.45) is 0 Å². The van der Waals surface area contributed by atoms with Crippen LogP contribution in [0.3, 0.4) is 0 Å². The van der Waals surface area contributed by atoms with E-state index in [1.165, 1.54) is 0 Å². The maximum atomic E-state index is 12.1. The number of hydrogen-bond donors (Lipinski definition) is 1. The highest BCUT2D eigenvalue weighted by Crippen LogP contribution is 2.30. The van der Waals surface area contributed by atoms with Crippen molar-refractivity contribution in [1.82, 2.24) is 15.5 Å². The summed E-state index contributed by atoms with van der Waals surface area (Å²) in [5, 5.41) is 6.82. The number of benzene rings is 2. The third-order valence-corrected chi connectivity index (χ3v) is 4.48. The van der Waals surface area contributed by atoms with Gasteiger partial charge in [0.1, 0.15) is 18.5 Å². The van der Waals surface area contributed by atoms with Gasteiger partial charge in [-0.15, -0.1) is 0 Å². The second-order valence-electron chi connectivity index (χ2n) is 6.54. The van der Waals surface area contributed by atoms with Crippen LogP contribution in [0.1, 0.15) is 12.3 Å². The van der Waals surface area contributed by atoms with Gasteiger partial charge in [0.05, 0.1) is 13.7 Å². The Kier molecular flexibility index (Phi) is 5.60. The second-order valence-corrected chi connectivity index (χ2v) is 6.54. The number of nitrogens with one attached hydrogen (secondary N) is 1. The van der Waals surface area contributed by atoms with Crippen LogP contribution in [0.4, 0.5) is 0 Å². The van der Waals surface area contributed by atoms with Crippen LogP contribution < -0.4 is 19.5 Å². The topological polar surface area (TPSA) is 95.7 Å². The van der Waals surface area contributed by atoms with E-state index in [0.29, 0.717) is 37.0 Å². The quantitative estimate of drug-likeness (QED) is 0.657. The van der Waals surface area contributed by atoms with Gasteiger partial charge in [-0.3, -0.25) is 4.79 Å². The first kappa shape index (κ1) is 18.8. The van der Waals surface area contributed by atoms with Gasteiger partial charge in [0.25, 0.3) is 0 Å². The molecule has 0 saturated carbocycles. The summed E-state index contributed by atoms with van der Waals surface area (Å²) in [7, 11) is 1.61. The van der Waals surface area contributed by atoms with Crippen molar-refractivity contribution in [2.45, 2.75) is 18.9 Å². The van der Waals surface area contributed by atoms with E-state index >= 15 is 0 Å². The molecule has 0 saturated heterocycles. The Labute approximate surface area is 167 Å². The molecular formula is C21H21N3O5. The van der Waals surface area contributed by atoms with Gasteiger partial charge in [0, 0.05) is 18.4 Å². The second kappa shape index (κ2) is 8.64. The third-order valence-electron chi connectivity index (χ3n) is 4.48. The number of ether oxygens (including phenoxy) is 3. The molecule has 1 atom stereocenters. The van der Waals surface area contributed by atoms with Crippen molar-refractivity contribution in [1.29, 1.82) is 0 Å². The molecule has 150 valence electrons. The van der Waals surface area contributed by atoms with Crippen molar-refractivity contribution in [3.05, 3.63) is 54.4 Å². The first-order chi connectivity index (χ1) is 14.2.